The molecule has 1 unspecified atom stereocenters. The molecule has 0 bridgehead atoms. The van der Waals surface area contributed by atoms with E-state index in [2.05, 4.69) is 11.9 Å². The predicted octanol–water partition coefficient (Wildman–Crippen LogP) is 1.44. The lowest BCUT2D eigenvalue weighted by atomic mass is 10.2. The lowest BCUT2D eigenvalue weighted by Gasteiger charge is -2.20. The number of nitrogens with zero attached hydrogens (tertiary/aromatic N) is 1. The van der Waals surface area contributed by atoms with E-state index in [0.717, 1.165) is 19.4 Å². The quantitative estimate of drug-likeness (QED) is 0.791. The molecule has 0 spiro atoms. The minimum Gasteiger partial charge on any atom is -0.491 e. The summed E-state index contributed by atoms with van der Waals surface area (Å²) >= 11 is 0. The second kappa shape index (κ2) is 5.27. The van der Waals surface area contributed by atoms with E-state index in [1.807, 2.05) is 0 Å². The largest absolute Gasteiger partial charge is 0.491 e. The molecular weight excluding hydrogens is 232 g/mol. The Bertz CT molecular complexity index is 448. The van der Waals surface area contributed by atoms with Crippen molar-refractivity contribution in [2.45, 2.75) is 18.9 Å². The molecule has 18 heavy (non-hydrogen) atoms. The number of nitrogen functional groups attached to an aromatic ring is 1. The Labute approximate surface area is 106 Å². The fourth-order valence-corrected chi connectivity index (χ4v) is 2.22. The third kappa shape index (κ3) is 2.73. The highest BCUT2D eigenvalue weighted by atomic mass is 16.5. The summed E-state index contributed by atoms with van der Waals surface area (Å²) in [7, 11) is 2.06. The fraction of sp³-hybridized carbons (Fsp3) is 0.462. The molecule has 0 saturated carbocycles. The summed E-state index contributed by atoms with van der Waals surface area (Å²) in [5.41, 5.74) is 6.13. The number of aromatic carboxylic acids is 1. The van der Waals surface area contributed by atoms with E-state index < -0.39 is 5.97 Å². The van der Waals surface area contributed by atoms with Crippen LogP contribution in [0, 0.1) is 0 Å². The highest BCUT2D eigenvalue weighted by molar-refractivity contribution is 5.92. The SMILES string of the molecule is CN1CCCC1COc1ccc(N)cc1C(=O)O. The van der Waals surface area contributed by atoms with Crippen molar-refractivity contribution in [2.75, 3.05) is 25.9 Å². The summed E-state index contributed by atoms with van der Waals surface area (Å²) in [4.78, 5) is 13.3. The number of carboxylic acids is 1. The zero-order valence-corrected chi connectivity index (χ0v) is 10.4. The van der Waals surface area contributed by atoms with E-state index in [0.29, 0.717) is 24.1 Å². The number of nitrogens with two attached hydrogens (primary N) is 1. The van der Waals surface area contributed by atoms with Crippen molar-refractivity contribution in [2.24, 2.45) is 0 Å². The Hall–Kier alpha value is -1.75. The average Bonchev–Trinajstić information content (AvgIpc) is 2.73. The van der Waals surface area contributed by atoms with Crippen LogP contribution in [0.4, 0.5) is 5.69 Å². The maximum absolute atomic E-state index is 11.1. The van der Waals surface area contributed by atoms with Crippen molar-refractivity contribution >= 4 is 11.7 Å². The van der Waals surface area contributed by atoms with Crippen LogP contribution in [0.25, 0.3) is 0 Å². The van der Waals surface area contributed by atoms with Crippen molar-refractivity contribution in [1.29, 1.82) is 0 Å². The maximum atomic E-state index is 11.1. The first kappa shape index (κ1) is 12.7. The zero-order chi connectivity index (χ0) is 13.1. The Morgan fingerprint density at radius 1 is 1.61 bits per heavy atom. The van der Waals surface area contributed by atoms with Gasteiger partial charge in [-0.25, -0.2) is 4.79 Å². The van der Waals surface area contributed by atoms with Crippen LogP contribution < -0.4 is 10.5 Å². The van der Waals surface area contributed by atoms with E-state index in [4.69, 9.17) is 15.6 Å². The third-order valence-corrected chi connectivity index (χ3v) is 3.34. The van der Waals surface area contributed by atoms with Crippen LogP contribution in [0.3, 0.4) is 0 Å². The van der Waals surface area contributed by atoms with Crippen LogP contribution in [0.15, 0.2) is 18.2 Å². The molecular formula is C13H18N2O3. The van der Waals surface area contributed by atoms with Gasteiger partial charge in [0.05, 0.1) is 0 Å². The standard InChI is InChI=1S/C13H18N2O3/c1-15-6-2-3-10(15)8-18-12-5-4-9(14)7-11(12)13(16)17/h4-5,7,10H,2-3,6,8,14H2,1H3,(H,16,17). The third-order valence-electron chi connectivity index (χ3n) is 3.34. The number of hydrogen-bond donors (Lipinski definition) is 2. The highest BCUT2D eigenvalue weighted by Gasteiger charge is 2.22. The Morgan fingerprint density at radius 2 is 2.39 bits per heavy atom. The van der Waals surface area contributed by atoms with Gasteiger partial charge in [-0.1, -0.05) is 0 Å². The molecule has 98 valence electrons. The monoisotopic (exact) mass is 250 g/mol. The van der Waals surface area contributed by atoms with Crippen LogP contribution >= 0.6 is 0 Å². The first-order valence-corrected chi connectivity index (χ1v) is 6.04. The van der Waals surface area contributed by atoms with Gasteiger partial charge in [0.2, 0.25) is 0 Å². The molecule has 1 aromatic rings. The van der Waals surface area contributed by atoms with E-state index in [1.54, 1.807) is 12.1 Å². The molecule has 0 aromatic heterocycles. The van der Waals surface area contributed by atoms with Gasteiger partial charge in [-0.05, 0) is 44.6 Å². The minimum absolute atomic E-state index is 0.121. The van der Waals surface area contributed by atoms with Crippen molar-refractivity contribution in [3.05, 3.63) is 23.8 Å². The molecule has 1 aliphatic rings. The second-order valence-corrected chi connectivity index (χ2v) is 4.65. The van der Waals surface area contributed by atoms with Gasteiger partial charge in [0.15, 0.2) is 0 Å². The van der Waals surface area contributed by atoms with E-state index in [1.165, 1.54) is 6.07 Å². The lowest BCUT2D eigenvalue weighted by Crippen LogP contribution is -2.30. The second-order valence-electron chi connectivity index (χ2n) is 4.65. The summed E-state index contributed by atoms with van der Waals surface area (Å²) in [6, 6.07) is 5.06. The predicted molar refractivity (Wildman–Crippen MR) is 69.0 cm³/mol. The highest BCUT2D eigenvalue weighted by Crippen LogP contribution is 2.23. The van der Waals surface area contributed by atoms with Gasteiger partial charge in [0, 0.05) is 11.7 Å². The molecule has 5 heteroatoms. The molecule has 0 amide bonds. The van der Waals surface area contributed by atoms with Crippen molar-refractivity contribution in [1.82, 2.24) is 4.90 Å². The molecule has 1 aliphatic heterocycles. The van der Waals surface area contributed by atoms with Crippen LogP contribution in [-0.4, -0.2) is 42.2 Å². The Balaban J connectivity index is 2.06. The Morgan fingerprint density at radius 3 is 3.00 bits per heavy atom. The number of likely N-dealkylation sites (N-methyl/N-ethyl adjacent to an activating group) is 1. The summed E-state index contributed by atoms with van der Waals surface area (Å²) in [5, 5.41) is 9.09. The van der Waals surface area contributed by atoms with Gasteiger partial charge >= 0.3 is 5.97 Å². The van der Waals surface area contributed by atoms with Gasteiger partial charge in [0.1, 0.15) is 17.9 Å². The molecule has 3 N–H and O–H groups in total. The first-order chi connectivity index (χ1) is 8.58. The number of rotatable bonds is 4. The van der Waals surface area contributed by atoms with Crippen LogP contribution in [0.5, 0.6) is 5.75 Å². The number of carbonyl (C=O) groups is 1. The van der Waals surface area contributed by atoms with Gasteiger partial charge in [-0.3, -0.25) is 0 Å². The van der Waals surface area contributed by atoms with Crippen molar-refractivity contribution in [3.63, 3.8) is 0 Å². The van der Waals surface area contributed by atoms with E-state index >= 15 is 0 Å². The average molecular weight is 250 g/mol. The van der Waals surface area contributed by atoms with Gasteiger partial charge < -0.3 is 20.5 Å². The number of ether oxygens (including phenoxy) is 1. The van der Waals surface area contributed by atoms with Gasteiger partial charge in [0.25, 0.3) is 0 Å². The number of likely N-dealkylation sites (tertiary alicyclic amines) is 1. The number of carboxylic acid groups (broad SMARTS) is 1. The van der Waals surface area contributed by atoms with Crippen LogP contribution in [0.1, 0.15) is 23.2 Å². The minimum atomic E-state index is -1.02. The fourth-order valence-electron chi connectivity index (χ4n) is 2.22. The molecule has 1 saturated heterocycles. The number of hydrogen-bond acceptors (Lipinski definition) is 4. The van der Waals surface area contributed by atoms with E-state index in [9.17, 15) is 4.79 Å². The molecule has 0 radical (unpaired) electrons. The van der Waals surface area contributed by atoms with Gasteiger partial charge in [-0.15, -0.1) is 0 Å². The lowest BCUT2D eigenvalue weighted by molar-refractivity contribution is 0.0691. The van der Waals surface area contributed by atoms with Gasteiger partial charge in [-0.2, -0.15) is 0 Å². The molecule has 2 rings (SSSR count). The summed E-state index contributed by atoms with van der Waals surface area (Å²) in [6.45, 7) is 1.59. The summed E-state index contributed by atoms with van der Waals surface area (Å²) < 4.78 is 5.63. The number of benzene rings is 1. The zero-order valence-electron chi connectivity index (χ0n) is 10.4. The van der Waals surface area contributed by atoms with Crippen LogP contribution in [0.2, 0.25) is 0 Å². The summed E-state index contributed by atoms with van der Waals surface area (Å²) in [6.07, 6.45) is 2.26. The smallest absolute Gasteiger partial charge is 0.339 e. The molecule has 1 heterocycles. The molecule has 1 atom stereocenters. The molecule has 1 aromatic carbocycles. The normalized spacial score (nSPS) is 19.9. The Kier molecular flexibility index (Phi) is 3.72. The van der Waals surface area contributed by atoms with Crippen LogP contribution in [-0.2, 0) is 0 Å². The van der Waals surface area contributed by atoms with Crippen molar-refractivity contribution in [3.8, 4) is 5.75 Å². The molecule has 5 nitrogen and oxygen atoms in total. The van der Waals surface area contributed by atoms with Crippen molar-refractivity contribution < 1.29 is 14.6 Å². The first-order valence-electron chi connectivity index (χ1n) is 6.04. The van der Waals surface area contributed by atoms with E-state index in [-0.39, 0.29) is 5.56 Å². The molecule has 1 fully saturated rings. The maximum Gasteiger partial charge on any atom is 0.339 e. The number of anilines is 1. The summed E-state index contributed by atoms with van der Waals surface area (Å²) in [5.74, 6) is -0.630. The molecule has 0 aliphatic carbocycles. The topological polar surface area (TPSA) is 75.8 Å².